The molecule has 3 rings (SSSR count). The number of benzene rings is 3. The number of anilines is 1. The second-order valence-electron chi connectivity index (χ2n) is 5.43. The highest BCUT2D eigenvalue weighted by atomic mass is 16.5. The molecule has 5 heteroatoms. The number of hydrogen-bond acceptors (Lipinski definition) is 4. The van der Waals surface area contributed by atoms with Gasteiger partial charge in [0.1, 0.15) is 17.1 Å². The molecule has 0 aromatic heterocycles. The van der Waals surface area contributed by atoms with E-state index < -0.39 is 5.97 Å². The third kappa shape index (κ3) is 4.08. The lowest BCUT2D eigenvalue weighted by Crippen LogP contribution is -2.11. The number of nitrogens with one attached hydrogen (secondary N) is 1. The molecule has 3 aromatic carbocycles. The molecular weight excluding hydrogens is 330 g/mol. The van der Waals surface area contributed by atoms with Crippen LogP contribution >= 0.6 is 0 Å². The Morgan fingerprint density at radius 3 is 2.15 bits per heavy atom. The zero-order chi connectivity index (χ0) is 18.4. The van der Waals surface area contributed by atoms with Gasteiger partial charge in [-0.1, -0.05) is 30.3 Å². The molecule has 0 spiro atoms. The van der Waals surface area contributed by atoms with Gasteiger partial charge in [0.25, 0.3) is 5.91 Å². The maximum Gasteiger partial charge on any atom is 0.341 e. The van der Waals surface area contributed by atoms with Gasteiger partial charge in [0, 0.05) is 11.3 Å². The van der Waals surface area contributed by atoms with Crippen molar-refractivity contribution in [2.75, 3.05) is 12.4 Å². The summed E-state index contributed by atoms with van der Waals surface area (Å²) in [6, 6.07) is 22.7. The maximum absolute atomic E-state index is 12.1. The number of amides is 1. The summed E-state index contributed by atoms with van der Waals surface area (Å²) in [6.45, 7) is 0. The molecule has 5 nitrogen and oxygen atoms in total. The largest absolute Gasteiger partial charge is 0.465 e. The summed E-state index contributed by atoms with van der Waals surface area (Å²) >= 11 is 0. The Labute approximate surface area is 151 Å². The summed E-state index contributed by atoms with van der Waals surface area (Å²) in [7, 11) is 1.32. The van der Waals surface area contributed by atoms with Gasteiger partial charge < -0.3 is 14.8 Å². The molecule has 0 aliphatic heterocycles. The topological polar surface area (TPSA) is 64.6 Å². The van der Waals surface area contributed by atoms with Gasteiger partial charge in [0.2, 0.25) is 0 Å². The molecule has 0 saturated carbocycles. The van der Waals surface area contributed by atoms with Crippen LogP contribution in [-0.2, 0) is 4.74 Å². The maximum atomic E-state index is 12.1. The van der Waals surface area contributed by atoms with Crippen LogP contribution in [0.5, 0.6) is 11.5 Å². The third-order valence-corrected chi connectivity index (χ3v) is 3.67. The summed E-state index contributed by atoms with van der Waals surface area (Å²) in [6.07, 6.45) is 0. The van der Waals surface area contributed by atoms with E-state index in [1.807, 2.05) is 18.2 Å². The van der Waals surface area contributed by atoms with E-state index in [1.165, 1.54) is 7.11 Å². The van der Waals surface area contributed by atoms with Crippen LogP contribution in [0.1, 0.15) is 20.7 Å². The van der Waals surface area contributed by atoms with Crippen molar-refractivity contribution in [1.29, 1.82) is 0 Å². The van der Waals surface area contributed by atoms with Crippen LogP contribution in [0.3, 0.4) is 0 Å². The normalized spacial score (nSPS) is 10.0. The molecule has 0 saturated heterocycles. The van der Waals surface area contributed by atoms with E-state index >= 15 is 0 Å². The summed E-state index contributed by atoms with van der Waals surface area (Å²) in [5.41, 5.74) is 1.57. The van der Waals surface area contributed by atoms with Gasteiger partial charge in [-0.15, -0.1) is 0 Å². The van der Waals surface area contributed by atoms with E-state index in [4.69, 9.17) is 9.47 Å². The minimum Gasteiger partial charge on any atom is -0.465 e. The van der Waals surface area contributed by atoms with Gasteiger partial charge in [0.15, 0.2) is 0 Å². The Balaban J connectivity index is 1.71. The number of rotatable bonds is 5. The zero-order valence-corrected chi connectivity index (χ0v) is 14.1. The highest BCUT2D eigenvalue weighted by molar-refractivity contribution is 6.04. The van der Waals surface area contributed by atoms with Crippen LogP contribution in [0, 0.1) is 0 Å². The van der Waals surface area contributed by atoms with Gasteiger partial charge in [-0.05, 0) is 48.5 Å². The van der Waals surface area contributed by atoms with Crippen LogP contribution in [0.25, 0.3) is 0 Å². The summed E-state index contributed by atoms with van der Waals surface area (Å²) in [4.78, 5) is 23.9. The zero-order valence-electron chi connectivity index (χ0n) is 14.1. The van der Waals surface area contributed by atoms with Crippen molar-refractivity contribution in [3.63, 3.8) is 0 Å². The van der Waals surface area contributed by atoms with Crippen molar-refractivity contribution in [1.82, 2.24) is 0 Å². The summed E-state index contributed by atoms with van der Waals surface area (Å²) < 4.78 is 10.5. The van der Waals surface area contributed by atoms with Crippen LogP contribution in [0.4, 0.5) is 5.69 Å². The lowest BCUT2D eigenvalue weighted by atomic mass is 10.2. The molecule has 0 aliphatic carbocycles. The second-order valence-corrected chi connectivity index (χ2v) is 5.43. The minimum atomic E-state index is -0.465. The predicted molar refractivity (Wildman–Crippen MR) is 98.7 cm³/mol. The van der Waals surface area contributed by atoms with E-state index in [1.54, 1.807) is 60.7 Å². The molecule has 26 heavy (non-hydrogen) atoms. The van der Waals surface area contributed by atoms with Crippen molar-refractivity contribution in [2.24, 2.45) is 0 Å². The smallest absolute Gasteiger partial charge is 0.341 e. The highest BCUT2D eigenvalue weighted by Gasteiger charge is 2.13. The quantitative estimate of drug-likeness (QED) is 0.689. The van der Waals surface area contributed by atoms with E-state index in [-0.39, 0.29) is 5.91 Å². The number of hydrogen-bond donors (Lipinski definition) is 1. The lowest BCUT2D eigenvalue weighted by molar-refractivity contribution is 0.0597. The van der Waals surface area contributed by atoms with Crippen LogP contribution in [0.2, 0.25) is 0 Å². The van der Waals surface area contributed by atoms with Gasteiger partial charge in [-0.25, -0.2) is 4.79 Å². The van der Waals surface area contributed by atoms with Gasteiger partial charge in [-0.3, -0.25) is 4.79 Å². The van der Waals surface area contributed by atoms with Crippen molar-refractivity contribution >= 4 is 17.6 Å². The standard InChI is InChI=1S/C21H17NO4/c1-25-21(24)18-9-5-6-10-19(18)26-17-13-11-16(12-14-17)22-20(23)15-7-3-2-4-8-15/h2-14H,1H3,(H,22,23). The monoisotopic (exact) mass is 347 g/mol. The molecule has 0 bridgehead atoms. The fourth-order valence-corrected chi connectivity index (χ4v) is 2.36. The molecule has 1 amide bonds. The Kier molecular flexibility index (Phi) is 5.29. The molecule has 0 aliphatic rings. The predicted octanol–water partition coefficient (Wildman–Crippen LogP) is 4.52. The Bertz CT molecular complexity index is 905. The Hall–Kier alpha value is -3.60. The first-order valence-electron chi connectivity index (χ1n) is 7.99. The fourth-order valence-electron chi connectivity index (χ4n) is 2.36. The van der Waals surface area contributed by atoms with E-state index in [2.05, 4.69) is 5.32 Å². The van der Waals surface area contributed by atoms with Crippen molar-refractivity contribution < 1.29 is 19.1 Å². The van der Waals surface area contributed by atoms with Gasteiger partial charge in [-0.2, -0.15) is 0 Å². The fraction of sp³-hybridized carbons (Fsp3) is 0.0476. The number of carbonyl (C=O) groups excluding carboxylic acids is 2. The highest BCUT2D eigenvalue weighted by Crippen LogP contribution is 2.27. The Morgan fingerprint density at radius 2 is 1.46 bits per heavy atom. The molecule has 1 N–H and O–H groups in total. The first kappa shape index (κ1) is 17.2. The van der Waals surface area contributed by atoms with Crippen molar-refractivity contribution in [3.05, 3.63) is 90.0 Å². The Morgan fingerprint density at radius 1 is 0.808 bits per heavy atom. The summed E-state index contributed by atoms with van der Waals surface area (Å²) in [5.74, 6) is 0.294. The second kappa shape index (κ2) is 7.98. The van der Waals surface area contributed by atoms with E-state index in [0.29, 0.717) is 28.3 Å². The number of methoxy groups -OCH3 is 1. The average molecular weight is 347 g/mol. The molecule has 0 atom stereocenters. The third-order valence-electron chi connectivity index (χ3n) is 3.67. The first-order valence-corrected chi connectivity index (χ1v) is 7.99. The molecule has 0 heterocycles. The molecule has 0 radical (unpaired) electrons. The van der Waals surface area contributed by atoms with Crippen LogP contribution < -0.4 is 10.1 Å². The number of carbonyl (C=O) groups is 2. The number of para-hydroxylation sites is 1. The van der Waals surface area contributed by atoms with E-state index in [0.717, 1.165) is 0 Å². The van der Waals surface area contributed by atoms with Crippen molar-refractivity contribution in [3.8, 4) is 11.5 Å². The SMILES string of the molecule is COC(=O)c1ccccc1Oc1ccc(NC(=O)c2ccccc2)cc1. The molecule has 130 valence electrons. The van der Waals surface area contributed by atoms with Crippen LogP contribution in [0.15, 0.2) is 78.9 Å². The van der Waals surface area contributed by atoms with E-state index in [9.17, 15) is 9.59 Å². The molecule has 0 unspecified atom stereocenters. The first-order chi connectivity index (χ1) is 12.7. The number of esters is 1. The van der Waals surface area contributed by atoms with Gasteiger partial charge in [0.05, 0.1) is 7.11 Å². The minimum absolute atomic E-state index is 0.185. The van der Waals surface area contributed by atoms with Crippen molar-refractivity contribution in [2.45, 2.75) is 0 Å². The average Bonchev–Trinajstić information content (AvgIpc) is 2.70. The lowest BCUT2D eigenvalue weighted by Gasteiger charge is -2.10. The molecule has 3 aromatic rings. The molecular formula is C21H17NO4. The van der Waals surface area contributed by atoms with Gasteiger partial charge >= 0.3 is 5.97 Å². The molecule has 0 fully saturated rings. The van der Waals surface area contributed by atoms with Crippen LogP contribution in [-0.4, -0.2) is 19.0 Å². The number of ether oxygens (including phenoxy) is 2. The summed E-state index contributed by atoms with van der Waals surface area (Å²) in [5, 5.41) is 2.82.